The second-order valence-corrected chi connectivity index (χ2v) is 7.82. The number of hydrogen-bond donors (Lipinski definition) is 1. The Morgan fingerprint density at radius 3 is 2.33 bits per heavy atom. The molecule has 2 heteroatoms. The van der Waals surface area contributed by atoms with Crippen LogP contribution in [0.3, 0.4) is 0 Å². The average Bonchev–Trinajstić information content (AvgIpc) is 3.09. The number of benzene rings is 1. The highest BCUT2D eigenvalue weighted by Gasteiger charge is 2.28. The minimum atomic E-state index is 0.366. The maximum absolute atomic E-state index is 3.69. The molecule has 0 spiro atoms. The molecule has 1 aliphatic rings. The third-order valence-electron chi connectivity index (χ3n) is 3.85. The fourth-order valence-electron chi connectivity index (χ4n) is 2.19. The number of nitrogens with one attached hydrogen (secondary N) is 1. The molecule has 1 aromatic rings. The van der Waals surface area contributed by atoms with Crippen LogP contribution >= 0.6 is 22.6 Å². The first-order valence-electron chi connectivity index (χ1n) is 6.93. The van der Waals surface area contributed by atoms with Gasteiger partial charge in [-0.05, 0) is 77.4 Å². The van der Waals surface area contributed by atoms with E-state index in [2.05, 4.69) is 72.9 Å². The predicted octanol–water partition coefficient (Wildman–Crippen LogP) is 4.25. The van der Waals surface area contributed by atoms with Crippen LogP contribution in [0.25, 0.3) is 0 Å². The molecule has 1 fully saturated rings. The van der Waals surface area contributed by atoms with Crippen molar-refractivity contribution in [3.63, 3.8) is 0 Å². The van der Waals surface area contributed by atoms with Crippen molar-refractivity contribution in [1.82, 2.24) is 5.32 Å². The largest absolute Gasteiger partial charge is 0.314 e. The van der Waals surface area contributed by atoms with Crippen LogP contribution in [0, 0.1) is 14.9 Å². The minimum absolute atomic E-state index is 0.366. The van der Waals surface area contributed by atoms with Crippen molar-refractivity contribution in [1.29, 1.82) is 0 Å². The van der Waals surface area contributed by atoms with Crippen molar-refractivity contribution >= 4 is 22.6 Å². The summed E-state index contributed by atoms with van der Waals surface area (Å²) in [6.07, 6.45) is 3.93. The second-order valence-electron chi connectivity index (χ2n) is 6.58. The van der Waals surface area contributed by atoms with E-state index in [1.807, 2.05) is 0 Å². The van der Waals surface area contributed by atoms with Gasteiger partial charge < -0.3 is 5.32 Å². The van der Waals surface area contributed by atoms with Gasteiger partial charge in [-0.25, -0.2) is 0 Å². The van der Waals surface area contributed by atoms with E-state index in [0.717, 1.165) is 12.6 Å². The molecule has 1 atom stereocenters. The molecule has 0 radical (unpaired) electrons. The van der Waals surface area contributed by atoms with Crippen molar-refractivity contribution in [3.05, 3.63) is 33.4 Å². The molecule has 1 nitrogen and oxygen atoms in total. The van der Waals surface area contributed by atoms with Gasteiger partial charge in [0.15, 0.2) is 0 Å². The monoisotopic (exact) mass is 357 g/mol. The van der Waals surface area contributed by atoms with E-state index in [1.165, 1.54) is 28.4 Å². The van der Waals surface area contributed by atoms with Gasteiger partial charge in [-0.3, -0.25) is 0 Å². The number of rotatable bonds is 5. The molecule has 1 aliphatic carbocycles. The third kappa shape index (κ3) is 4.54. The zero-order valence-electron chi connectivity index (χ0n) is 11.7. The van der Waals surface area contributed by atoms with Gasteiger partial charge in [0.1, 0.15) is 0 Å². The van der Waals surface area contributed by atoms with Gasteiger partial charge in [0.2, 0.25) is 0 Å². The van der Waals surface area contributed by atoms with E-state index < -0.39 is 0 Å². The summed E-state index contributed by atoms with van der Waals surface area (Å²) in [5.74, 6) is 0.707. The van der Waals surface area contributed by atoms with Crippen molar-refractivity contribution in [2.75, 3.05) is 6.54 Å². The fraction of sp³-hybridized carbons (Fsp3) is 0.625. The van der Waals surface area contributed by atoms with E-state index in [0.29, 0.717) is 11.3 Å². The Kier molecular flexibility index (Phi) is 4.70. The Balaban J connectivity index is 1.96. The van der Waals surface area contributed by atoms with Crippen LogP contribution in [0.2, 0.25) is 0 Å². The molecule has 1 saturated carbocycles. The number of halogens is 1. The third-order valence-corrected chi connectivity index (χ3v) is 4.57. The molecule has 1 unspecified atom stereocenters. The molecule has 0 aliphatic heterocycles. The lowest BCUT2D eigenvalue weighted by molar-refractivity contribution is 0.230. The van der Waals surface area contributed by atoms with Gasteiger partial charge in [-0.2, -0.15) is 0 Å². The summed E-state index contributed by atoms with van der Waals surface area (Å²) in [5, 5.41) is 3.69. The highest BCUT2D eigenvalue weighted by atomic mass is 127. The molecule has 100 valence electrons. The highest BCUT2D eigenvalue weighted by molar-refractivity contribution is 14.1. The molecular weight excluding hydrogens is 333 g/mol. The summed E-state index contributed by atoms with van der Waals surface area (Å²) >= 11 is 2.37. The summed E-state index contributed by atoms with van der Waals surface area (Å²) in [6.45, 7) is 8.23. The van der Waals surface area contributed by atoms with Crippen LogP contribution in [0.15, 0.2) is 24.3 Å². The summed E-state index contributed by atoms with van der Waals surface area (Å²) in [7, 11) is 0. The van der Waals surface area contributed by atoms with Crippen molar-refractivity contribution in [2.45, 2.75) is 46.1 Å². The fourth-order valence-corrected chi connectivity index (χ4v) is 2.55. The van der Waals surface area contributed by atoms with Crippen LogP contribution in [0.4, 0.5) is 0 Å². The molecular formula is C16H24IN. The smallest absolute Gasteiger partial charge is 0.0130 e. The topological polar surface area (TPSA) is 12.0 Å². The quantitative estimate of drug-likeness (QED) is 0.777. The van der Waals surface area contributed by atoms with E-state index in [1.54, 1.807) is 0 Å². The van der Waals surface area contributed by atoms with Gasteiger partial charge >= 0.3 is 0 Å². The van der Waals surface area contributed by atoms with Crippen LogP contribution in [-0.2, 0) is 6.42 Å². The van der Waals surface area contributed by atoms with Gasteiger partial charge in [0.05, 0.1) is 0 Å². The molecule has 0 aromatic heterocycles. The SMILES string of the molecule is CC(C)(C)C(CNC1CC1)Cc1ccc(I)cc1. The Morgan fingerprint density at radius 2 is 1.83 bits per heavy atom. The normalized spacial score (nSPS) is 17.8. The van der Waals surface area contributed by atoms with E-state index in [4.69, 9.17) is 0 Å². The molecule has 1 aromatic carbocycles. The zero-order chi connectivity index (χ0) is 13.2. The van der Waals surface area contributed by atoms with Gasteiger partial charge in [-0.1, -0.05) is 32.9 Å². The summed E-state index contributed by atoms with van der Waals surface area (Å²) in [5.41, 5.74) is 1.83. The van der Waals surface area contributed by atoms with Crippen molar-refractivity contribution < 1.29 is 0 Å². The van der Waals surface area contributed by atoms with Crippen LogP contribution in [0.1, 0.15) is 39.2 Å². The standard InChI is InChI=1S/C16H24IN/c1-16(2,3)13(11-18-15-8-9-15)10-12-4-6-14(17)7-5-12/h4-7,13,15,18H,8-11H2,1-3H3. The molecule has 0 saturated heterocycles. The minimum Gasteiger partial charge on any atom is -0.314 e. The maximum Gasteiger partial charge on any atom is 0.0130 e. The van der Waals surface area contributed by atoms with Crippen molar-refractivity contribution in [3.8, 4) is 0 Å². The Labute approximate surface area is 125 Å². The molecule has 2 rings (SSSR count). The molecule has 1 N–H and O–H groups in total. The maximum atomic E-state index is 3.69. The molecule has 0 bridgehead atoms. The first kappa shape index (κ1) is 14.3. The lowest BCUT2D eigenvalue weighted by atomic mass is 9.77. The first-order chi connectivity index (χ1) is 8.45. The van der Waals surface area contributed by atoms with Crippen LogP contribution < -0.4 is 5.32 Å². The first-order valence-corrected chi connectivity index (χ1v) is 8.01. The number of hydrogen-bond acceptors (Lipinski definition) is 1. The second kappa shape index (κ2) is 5.91. The van der Waals surface area contributed by atoms with Crippen LogP contribution in [-0.4, -0.2) is 12.6 Å². The molecule has 0 amide bonds. The van der Waals surface area contributed by atoms with Gasteiger partial charge in [0, 0.05) is 9.61 Å². The summed E-state index contributed by atoms with van der Waals surface area (Å²) in [4.78, 5) is 0. The van der Waals surface area contributed by atoms with E-state index >= 15 is 0 Å². The lowest BCUT2D eigenvalue weighted by Gasteiger charge is -2.31. The van der Waals surface area contributed by atoms with Crippen molar-refractivity contribution in [2.24, 2.45) is 11.3 Å². The van der Waals surface area contributed by atoms with Gasteiger partial charge in [0.25, 0.3) is 0 Å². The highest BCUT2D eigenvalue weighted by Crippen LogP contribution is 2.30. The van der Waals surface area contributed by atoms with Gasteiger partial charge in [-0.15, -0.1) is 0 Å². The Bertz CT molecular complexity index is 373. The zero-order valence-corrected chi connectivity index (χ0v) is 13.8. The van der Waals surface area contributed by atoms with E-state index in [-0.39, 0.29) is 0 Å². The lowest BCUT2D eigenvalue weighted by Crippen LogP contribution is -2.34. The van der Waals surface area contributed by atoms with E-state index in [9.17, 15) is 0 Å². The average molecular weight is 357 g/mol. The van der Waals surface area contributed by atoms with Crippen LogP contribution in [0.5, 0.6) is 0 Å². The Hall–Kier alpha value is -0.0900. The summed E-state index contributed by atoms with van der Waals surface area (Å²) in [6, 6.07) is 9.79. The molecule has 18 heavy (non-hydrogen) atoms. The summed E-state index contributed by atoms with van der Waals surface area (Å²) < 4.78 is 1.32. The molecule has 0 heterocycles. The predicted molar refractivity (Wildman–Crippen MR) is 86.8 cm³/mol. The Morgan fingerprint density at radius 1 is 1.22 bits per heavy atom.